The molecule has 2 aromatic rings. The first-order chi connectivity index (χ1) is 12.1. The molecule has 0 fully saturated rings. The van der Waals surface area contributed by atoms with Crippen molar-refractivity contribution >= 4 is 17.4 Å². The molecular formula is C18H18N2O5. The maximum atomic E-state index is 12.6. The SMILES string of the molecule is O=C(O)COCc1ocnc1C(=O)N1CC=C(c2ccccc2)CC1. The van der Waals surface area contributed by atoms with Crippen LogP contribution in [-0.4, -0.2) is 46.6 Å². The van der Waals surface area contributed by atoms with Gasteiger partial charge in [0.2, 0.25) is 0 Å². The molecule has 1 N–H and O–H groups in total. The summed E-state index contributed by atoms with van der Waals surface area (Å²) in [6.45, 7) is 0.515. The molecule has 3 rings (SSSR count). The summed E-state index contributed by atoms with van der Waals surface area (Å²) < 4.78 is 10.1. The molecule has 0 radical (unpaired) electrons. The molecule has 1 aromatic carbocycles. The van der Waals surface area contributed by atoms with E-state index in [0.29, 0.717) is 13.1 Å². The molecule has 130 valence electrons. The van der Waals surface area contributed by atoms with Crippen LogP contribution < -0.4 is 0 Å². The molecule has 25 heavy (non-hydrogen) atoms. The van der Waals surface area contributed by atoms with Gasteiger partial charge in [-0.05, 0) is 17.6 Å². The first-order valence-corrected chi connectivity index (χ1v) is 7.91. The van der Waals surface area contributed by atoms with Crippen molar-refractivity contribution in [3.05, 3.63) is 59.8 Å². The van der Waals surface area contributed by atoms with Gasteiger partial charge in [0.15, 0.2) is 17.8 Å². The van der Waals surface area contributed by atoms with Crippen LogP contribution in [-0.2, 0) is 16.1 Å². The fourth-order valence-corrected chi connectivity index (χ4v) is 2.70. The van der Waals surface area contributed by atoms with Crippen LogP contribution in [0, 0.1) is 0 Å². The Bertz CT molecular complexity index is 782. The van der Waals surface area contributed by atoms with E-state index in [-0.39, 0.29) is 24.0 Å². The third-order valence-electron chi connectivity index (χ3n) is 3.94. The van der Waals surface area contributed by atoms with Crippen molar-refractivity contribution in [2.45, 2.75) is 13.0 Å². The minimum Gasteiger partial charge on any atom is -0.480 e. The van der Waals surface area contributed by atoms with Crippen LogP contribution in [0.4, 0.5) is 0 Å². The molecule has 7 nitrogen and oxygen atoms in total. The monoisotopic (exact) mass is 342 g/mol. The molecule has 0 saturated heterocycles. The van der Waals surface area contributed by atoms with E-state index in [1.165, 1.54) is 17.5 Å². The average Bonchev–Trinajstić information content (AvgIpc) is 3.10. The molecule has 0 spiro atoms. The van der Waals surface area contributed by atoms with E-state index in [4.69, 9.17) is 14.3 Å². The Kier molecular flexibility index (Phi) is 5.25. The first kappa shape index (κ1) is 16.9. The molecule has 0 atom stereocenters. The van der Waals surface area contributed by atoms with Crippen LogP contribution >= 0.6 is 0 Å². The molecule has 0 unspecified atom stereocenters. The second-order valence-corrected chi connectivity index (χ2v) is 5.61. The molecule has 2 heterocycles. The van der Waals surface area contributed by atoms with Gasteiger partial charge in [-0.3, -0.25) is 4.79 Å². The Hall–Kier alpha value is -2.93. The van der Waals surface area contributed by atoms with Crippen LogP contribution in [0.3, 0.4) is 0 Å². The lowest BCUT2D eigenvalue weighted by Gasteiger charge is -2.26. The maximum Gasteiger partial charge on any atom is 0.329 e. The van der Waals surface area contributed by atoms with Gasteiger partial charge in [-0.25, -0.2) is 9.78 Å². The van der Waals surface area contributed by atoms with Crippen LogP contribution in [0.25, 0.3) is 5.57 Å². The molecular weight excluding hydrogens is 324 g/mol. The fraction of sp³-hybridized carbons (Fsp3) is 0.278. The number of aromatic nitrogens is 1. The van der Waals surface area contributed by atoms with Gasteiger partial charge < -0.3 is 19.2 Å². The predicted octanol–water partition coefficient (Wildman–Crippen LogP) is 2.21. The zero-order valence-corrected chi connectivity index (χ0v) is 13.6. The molecule has 1 aliphatic heterocycles. The van der Waals surface area contributed by atoms with E-state index >= 15 is 0 Å². The second kappa shape index (κ2) is 7.76. The highest BCUT2D eigenvalue weighted by Crippen LogP contribution is 2.23. The zero-order valence-electron chi connectivity index (χ0n) is 13.6. The average molecular weight is 342 g/mol. The summed E-state index contributed by atoms with van der Waals surface area (Å²) in [6, 6.07) is 10.1. The zero-order chi connectivity index (χ0) is 17.6. The van der Waals surface area contributed by atoms with Crippen LogP contribution in [0.15, 0.2) is 47.2 Å². The summed E-state index contributed by atoms with van der Waals surface area (Å²) in [7, 11) is 0. The van der Waals surface area contributed by atoms with Crippen molar-refractivity contribution < 1.29 is 23.8 Å². The van der Waals surface area contributed by atoms with Gasteiger partial charge in [0, 0.05) is 13.1 Å². The van der Waals surface area contributed by atoms with E-state index in [1.807, 2.05) is 24.3 Å². The standard InChI is InChI=1S/C18H18N2O5/c21-16(22)11-24-10-15-17(19-12-25-15)18(23)20-8-6-14(7-9-20)13-4-2-1-3-5-13/h1-6,12H,7-11H2,(H,21,22). The number of ether oxygens (including phenoxy) is 1. The summed E-state index contributed by atoms with van der Waals surface area (Å²) in [5.41, 5.74) is 2.55. The third-order valence-corrected chi connectivity index (χ3v) is 3.94. The Morgan fingerprint density at radius 1 is 1.28 bits per heavy atom. The van der Waals surface area contributed by atoms with E-state index in [0.717, 1.165) is 6.42 Å². The van der Waals surface area contributed by atoms with E-state index in [2.05, 4.69) is 17.1 Å². The van der Waals surface area contributed by atoms with Gasteiger partial charge in [-0.2, -0.15) is 0 Å². The van der Waals surface area contributed by atoms with E-state index in [1.54, 1.807) is 4.90 Å². The highest BCUT2D eigenvalue weighted by atomic mass is 16.5. The largest absolute Gasteiger partial charge is 0.480 e. The normalized spacial score (nSPS) is 14.2. The topological polar surface area (TPSA) is 92.9 Å². The lowest BCUT2D eigenvalue weighted by atomic mass is 9.99. The number of rotatable bonds is 6. The number of hydrogen-bond donors (Lipinski definition) is 1. The molecule has 1 aromatic heterocycles. The van der Waals surface area contributed by atoms with Crippen molar-refractivity contribution in [2.24, 2.45) is 0 Å². The predicted molar refractivity (Wildman–Crippen MR) is 88.7 cm³/mol. The number of carbonyl (C=O) groups is 2. The summed E-state index contributed by atoms with van der Waals surface area (Å²) in [5.74, 6) is -1.09. The smallest absolute Gasteiger partial charge is 0.329 e. The number of nitrogens with zero attached hydrogens (tertiary/aromatic N) is 2. The number of carboxylic acid groups (broad SMARTS) is 1. The number of benzene rings is 1. The number of carbonyl (C=O) groups excluding carboxylic acids is 1. The van der Waals surface area contributed by atoms with Crippen molar-refractivity contribution in [3.8, 4) is 0 Å². The quantitative estimate of drug-likeness (QED) is 0.865. The lowest BCUT2D eigenvalue weighted by molar-refractivity contribution is -0.142. The fourth-order valence-electron chi connectivity index (χ4n) is 2.70. The van der Waals surface area contributed by atoms with Crippen LogP contribution in [0.5, 0.6) is 0 Å². The van der Waals surface area contributed by atoms with Gasteiger partial charge in [0.25, 0.3) is 5.91 Å². The summed E-state index contributed by atoms with van der Waals surface area (Å²) >= 11 is 0. The number of amides is 1. The first-order valence-electron chi connectivity index (χ1n) is 7.91. The molecule has 1 aliphatic rings. The van der Waals surface area contributed by atoms with E-state index in [9.17, 15) is 9.59 Å². The van der Waals surface area contributed by atoms with Crippen LogP contribution in [0.1, 0.15) is 28.2 Å². The number of oxazole rings is 1. The number of carboxylic acids is 1. The number of aliphatic carboxylic acids is 1. The van der Waals surface area contributed by atoms with Crippen molar-refractivity contribution in [1.29, 1.82) is 0 Å². The van der Waals surface area contributed by atoms with Gasteiger partial charge in [0.05, 0.1) is 0 Å². The molecule has 0 saturated carbocycles. The molecule has 7 heteroatoms. The molecule has 0 aliphatic carbocycles. The van der Waals surface area contributed by atoms with Gasteiger partial charge in [-0.15, -0.1) is 0 Å². The molecule has 0 bridgehead atoms. The Labute approximate surface area is 144 Å². The maximum absolute atomic E-state index is 12.6. The minimum absolute atomic E-state index is 0.105. The lowest BCUT2D eigenvalue weighted by Crippen LogP contribution is -2.35. The number of hydrogen-bond acceptors (Lipinski definition) is 5. The molecule has 1 amide bonds. The van der Waals surface area contributed by atoms with Crippen LogP contribution in [0.2, 0.25) is 0 Å². The highest BCUT2D eigenvalue weighted by molar-refractivity contribution is 5.93. The third kappa shape index (κ3) is 4.13. The van der Waals surface area contributed by atoms with Gasteiger partial charge in [-0.1, -0.05) is 36.4 Å². The van der Waals surface area contributed by atoms with E-state index < -0.39 is 12.6 Å². The Balaban J connectivity index is 1.64. The van der Waals surface area contributed by atoms with Gasteiger partial charge in [0.1, 0.15) is 13.2 Å². The summed E-state index contributed by atoms with van der Waals surface area (Å²) in [4.78, 5) is 28.8. The highest BCUT2D eigenvalue weighted by Gasteiger charge is 2.24. The summed E-state index contributed by atoms with van der Waals surface area (Å²) in [5, 5.41) is 8.59. The summed E-state index contributed by atoms with van der Waals surface area (Å²) in [6.07, 6.45) is 3.97. The van der Waals surface area contributed by atoms with Crippen molar-refractivity contribution in [2.75, 3.05) is 19.7 Å². The van der Waals surface area contributed by atoms with Gasteiger partial charge >= 0.3 is 5.97 Å². The Morgan fingerprint density at radius 3 is 2.76 bits per heavy atom. The van der Waals surface area contributed by atoms with Crippen molar-refractivity contribution in [3.63, 3.8) is 0 Å². The van der Waals surface area contributed by atoms with Crippen molar-refractivity contribution in [1.82, 2.24) is 9.88 Å². The minimum atomic E-state index is -1.08. The second-order valence-electron chi connectivity index (χ2n) is 5.61. The Morgan fingerprint density at radius 2 is 2.08 bits per heavy atom.